The third-order valence-electron chi connectivity index (χ3n) is 2.56. The molecule has 8 heteroatoms. The molecule has 0 aliphatic rings. The number of hydrogen-bond donors (Lipinski definition) is 2. The Kier molecular flexibility index (Phi) is 4.15. The average Bonchev–Trinajstić information content (AvgIpc) is 2.40. The number of aromatic carboxylic acids is 1. The molecule has 2 aromatic rings. The van der Waals surface area contributed by atoms with Crippen LogP contribution in [-0.4, -0.2) is 19.5 Å². The molecule has 0 saturated carbocycles. The zero-order chi connectivity index (χ0) is 15.6. The number of benzene rings is 2. The van der Waals surface area contributed by atoms with E-state index in [4.69, 9.17) is 16.7 Å². The molecule has 110 valence electrons. The second kappa shape index (κ2) is 5.71. The van der Waals surface area contributed by atoms with Crippen LogP contribution in [0.25, 0.3) is 0 Å². The van der Waals surface area contributed by atoms with E-state index in [1.54, 1.807) is 0 Å². The van der Waals surface area contributed by atoms with Crippen LogP contribution < -0.4 is 4.72 Å². The number of halogens is 2. The number of hydrogen-bond acceptors (Lipinski definition) is 3. The fourth-order valence-corrected chi connectivity index (χ4v) is 2.90. The van der Waals surface area contributed by atoms with Crippen molar-refractivity contribution in [3.8, 4) is 0 Å². The third-order valence-corrected chi connectivity index (χ3v) is 4.16. The van der Waals surface area contributed by atoms with Crippen LogP contribution in [0.5, 0.6) is 0 Å². The van der Waals surface area contributed by atoms with E-state index in [9.17, 15) is 17.6 Å². The molecule has 21 heavy (non-hydrogen) atoms. The summed E-state index contributed by atoms with van der Waals surface area (Å²) in [6.07, 6.45) is 0. The Hall–Kier alpha value is -2.12. The monoisotopic (exact) mass is 329 g/mol. The highest BCUT2D eigenvalue weighted by Crippen LogP contribution is 2.24. The lowest BCUT2D eigenvalue weighted by molar-refractivity contribution is 0.0698. The number of sulfonamides is 1. The quantitative estimate of drug-likeness (QED) is 0.903. The maximum Gasteiger partial charge on any atom is 0.337 e. The van der Waals surface area contributed by atoms with Gasteiger partial charge in [-0.25, -0.2) is 17.6 Å². The molecule has 0 radical (unpaired) electrons. The van der Waals surface area contributed by atoms with Crippen LogP contribution >= 0.6 is 11.6 Å². The summed E-state index contributed by atoms with van der Waals surface area (Å²) in [4.78, 5) is 10.8. The molecule has 2 N–H and O–H groups in total. The minimum Gasteiger partial charge on any atom is -0.478 e. The number of rotatable bonds is 4. The van der Waals surface area contributed by atoms with E-state index in [-0.39, 0.29) is 21.2 Å². The molecule has 0 atom stereocenters. The first kappa shape index (κ1) is 15.3. The second-order valence-corrected chi connectivity index (χ2v) is 6.18. The van der Waals surface area contributed by atoms with Crippen molar-refractivity contribution in [3.05, 3.63) is 58.9 Å². The Morgan fingerprint density at radius 2 is 1.90 bits per heavy atom. The third kappa shape index (κ3) is 3.50. The van der Waals surface area contributed by atoms with Gasteiger partial charge in [0, 0.05) is 5.02 Å². The fourth-order valence-electron chi connectivity index (χ4n) is 1.62. The summed E-state index contributed by atoms with van der Waals surface area (Å²) in [7, 11) is -4.10. The summed E-state index contributed by atoms with van der Waals surface area (Å²) in [6.45, 7) is 0. The molecule has 0 aromatic heterocycles. The van der Waals surface area contributed by atoms with Crippen LogP contribution in [0, 0.1) is 5.82 Å². The predicted octanol–water partition coefficient (Wildman–Crippen LogP) is 2.98. The molecule has 0 bridgehead atoms. The van der Waals surface area contributed by atoms with Gasteiger partial charge in [0.25, 0.3) is 10.0 Å². The van der Waals surface area contributed by atoms with Gasteiger partial charge in [0.05, 0.1) is 16.1 Å². The van der Waals surface area contributed by atoms with Crippen LogP contribution in [-0.2, 0) is 10.0 Å². The lowest BCUT2D eigenvalue weighted by atomic mass is 10.2. The molecule has 0 unspecified atom stereocenters. The van der Waals surface area contributed by atoms with Crippen LogP contribution in [0.2, 0.25) is 5.02 Å². The van der Waals surface area contributed by atoms with Gasteiger partial charge in [-0.3, -0.25) is 4.72 Å². The SMILES string of the molecule is O=C(O)c1cc(Cl)ccc1NS(=O)(=O)c1cccc(F)c1. The Bertz CT molecular complexity index is 808. The Labute approximate surface area is 125 Å². The first-order chi connectivity index (χ1) is 9.79. The maximum atomic E-state index is 13.1. The molecule has 5 nitrogen and oxygen atoms in total. The van der Waals surface area contributed by atoms with Gasteiger partial charge in [-0.05, 0) is 36.4 Å². The van der Waals surface area contributed by atoms with E-state index in [1.807, 2.05) is 0 Å². The largest absolute Gasteiger partial charge is 0.478 e. The summed E-state index contributed by atoms with van der Waals surface area (Å²) < 4.78 is 39.4. The van der Waals surface area contributed by atoms with E-state index in [1.165, 1.54) is 24.3 Å². The van der Waals surface area contributed by atoms with Crippen LogP contribution in [0.1, 0.15) is 10.4 Å². The minimum absolute atomic E-state index is 0.154. The fraction of sp³-hybridized carbons (Fsp3) is 0. The minimum atomic E-state index is -4.10. The van der Waals surface area contributed by atoms with Gasteiger partial charge in [-0.1, -0.05) is 17.7 Å². The highest BCUT2D eigenvalue weighted by molar-refractivity contribution is 7.92. The van der Waals surface area contributed by atoms with Gasteiger partial charge in [-0.15, -0.1) is 0 Å². The average molecular weight is 330 g/mol. The van der Waals surface area contributed by atoms with Gasteiger partial charge in [-0.2, -0.15) is 0 Å². The van der Waals surface area contributed by atoms with E-state index >= 15 is 0 Å². The maximum absolute atomic E-state index is 13.1. The molecule has 0 amide bonds. The number of anilines is 1. The normalized spacial score (nSPS) is 11.1. The van der Waals surface area contributed by atoms with Crippen molar-refractivity contribution in [1.82, 2.24) is 0 Å². The lowest BCUT2D eigenvalue weighted by Crippen LogP contribution is -2.15. The molecule has 0 spiro atoms. The predicted molar refractivity (Wildman–Crippen MR) is 75.6 cm³/mol. The number of nitrogens with one attached hydrogen (secondary N) is 1. The van der Waals surface area contributed by atoms with Crippen molar-refractivity contribution in [2.45, 2.75) is 4.90 Å². The van der Waals surface area contributed by atoms with Crippen LogP contribution in [0.15, 0.2) is 47.4 Å². The molecule has 0 aliphatic heterocycles. The zero-order valence-corrected chi connectivity index (χ0v) is 12.0. The molecule has 2 aromatic carbocycles. The van der Waals surface area contributed by atoms with Crippen molar-refractivity contribution in [2.75, 3.05) is 4.72 Å². The van der Waals surface area contributed by atoms with Gasteiger partial charge in [0.2, 0.25) is 0 Å². The number of carboxylic acids is 1. The van der Waals surface area contributed by atoms with Gasteiger partial charge >= 0.3 is 5.97 Å². The van der Waals surface area contributed by atoms with Crippen molar-refractivity contribution in [3.63, 3.8) is 0 Å². The lowest BCUT2D eigenvalue weighted by Gasteiger charge is -2.11. The van der Waals surface area contributed by atoms with Gasteiger partial charge in [0.1, 0.15) is 5.82 Å². The van der Waals surface area contributed by atoms with Crippen LogP contribution in [0.4, 0.5) is 10.1 Å². The first-order valence-electron chi connectivity index (χ1n) is 5.61. The van der Waals surface area contributed by atoms with Gasteiger partial charge < -0.3 is 5.11 Å². The number of carbonyl (C=O) groups is 1. The molecule has 0 heterocycles. The molecular weight excluding hydrogens is 321 g/mol. The summed E-state index contributed by atoms with van der Waals surface area (Å²) >= 11 is 5.68. The molecule has 0 aliphatic carbocycles. The Balaban J connectivity index is 2.44. The van der Waals surface area contributed by atoms with E-state index < -0.39 is 21.8 Å². The van der Waals surface area contributed by atoms with Crippen molar-refractivity contribution in [2.24, 2.45) is 0 Å². The van der Waals surface area contributed by atoms with Gasteiger partial charge in [0.15, 0.2) is 0 Å². The van der Waals surface area contributed by atoms with Crippen molar-refractivity contribution < 1.29 is 22.7 Å². The molecule has 2 rings (SSSR count). The summed E-state index contributed by atoms with van der Waals surface area (Å²) in [5.41, 5.74) is -0.460. The second-order valence-electron chi connectivity index (χ2n) is 4.06. The summed E-state index contributed by atoms with van der Waals surface area (Å²) in [6, 6.07) is 8.06. The molecule has 0 saturated heterocycles. The Morgan fingerprint density at radius 1 is 1.19 bits per heavy atom. The number of carboxylic acid groups (broad SMARTS) is 1. The molecule has 0 fully saturated rings. The molecular formula is C13H9ClFNO4S. The van der Waals surface area contributed by atoms with E-state index in [0.29, 0.717) is 0 Å². The highest BCUT2D eigenvalue weighted by Gasteiger charge is 2.19. The highest BCUT2D eigenvalue weighted by atomic mass is 35.5. The zero-order valence-electron chi connectivity index (χ0n) is 10.4. The van der Waals surface area contributed by atoms with Crippen LogP contribution in [0.3, 0.4) is 0 Å². The standard InChI is InChI=1S/C13H9ClFNO4S/c14-8-4-5-12(11(6-8)13(17)18)16-21(19,20)10-3-1-2-9(15)7-10/h1-7,16H,(H,17,18). The smallest absolute Gasteiger partial charge is 0.337 e. The topological polar surface area (TPSA) is 83.5 Å². The summed E-state index contributed by atoms with van der Waals surface area (Å²) in [5.74, 6) is -2.05. The van der Waals surface area contributed by atoms with E-state index in [2.05, 4.69) is 4.72 Å². The van der Waals surface area contributed by atoms with Crippen molar-refractivity contribution in [1.29, 1.82) is 0 Å². The van der Waals surface area contributed by atoms with Crippen molar-refractivity contribution >= 4 is 33.3 Å². The first-order valence-corrected chi connectivity index (χ1v) is 7.47. The summed E-state index contributed by atoms with van der Waals surface area (Å²) in [5, 5.41) is 9.20. The van der Waals surface area contributed by atoms with E-state index in [0.717, 1.165) is 18.2 Å². The Morgan fingerprint density at radius 3 is 2.52 bits per heavy atom.